The number of nitrogens with one attached hydrogen (secondary N) is 1. The van der Waals surface area contributed by atoms with Crippen molar-refractivity contribution in [1.82, 2.24) is 0 Å². The van der Waals surface area contributed by atoms with Gasteiger partial charge in [-0.2, -0.15) is 0 Å². The van der Waals surface area contributed by atoms with Crippen LogP contribution in [0.4, 0.5) is 17.1 Å². The lowest BCUT2D eigenvalue weighted by atomic mass is 10.1. The first-order valence-corrected chi connectivity index (χ1v) is 10.0. The van der Waals surface area contributed by atoms with E-state index in [0.717, 1.165) is 15.7 Å². The van der Waals surface area contributed by atoms with Gasteiger partial charge in [-0.3, -0.25) is 24.5 Å². The molecule has 3 amide bonds. The van der Waals surface area contributed by atoms with Crippen molar-refractivity contribution in [3.05, 3.63) is 112 Å². The fourth-order valence-corrected chi connectivity index (χ4v) is 3.91. The van der Waals surface area contributed by atoms with Crippen molar-refractivity contribution < 1.29 is 19.3 Å². The van der Waals surface area contributed by atoms with Gasteiger partial charge in [0.1, 0.15) is 5.56 Å². The van der Waals surface area contributed by atoms with Crippen molar-refractivity contribution in [2.24, 2.45) is 0 Å². The van der Waals surface area contributed by atoms with Crippen molar-refractivity contribution in [2.75, 3.05) is 10.2 Å². The molecule has 4 aromatic rings. The molecule has 33 heavy (non-hydrogen) atoms. The second kappa shape index (κ2) is 7.69. The highest BCUT2D eigenvalue weighted by atomic mass is 16.6. The number of benzene rings is 4. The van der Waals surface area contributed by atoms with Gasteiger partial charge in [-0.1, -0.05) is 42.5 Å². The summed E-state index contributed by atoms with van der Waals surface area (Å²) in [5, 5.41) is 16.1. The van der Waals surface area contributed by atoms with Crippen LogP contribution in [0.15, 0.2) is 84.9 Å². The summed E-state index contributed by atoms with van der Waals surface area (Å²) < 4.78 is 0. The van der Waals surface area contributed by atoms with Crippen LogP contribution in [0.1, 0.15) is 31.1 Å². The number of nitrogens with zero attached hydrogens (tertiary/aromatic N) is 2. The number of imide groups is 1. The Hall–Kier alpha value is -4.85. The highest BCUT2D eigenvalue weighted by molar-refractivity contribution is 6.35. The summed E-state index contributed by atoms with van der Waals surface area (Å²) in [6, 6.07) is 23.2. The minimum Gasteiger partial charge on any atom is -0.322 e. The van der Waals surface area contributed by atoms with E-state index < -0.39 is 28.3 Å². The Morgan fingerprint density at radius 1 is 0.818 bits per heavy atom. The van der Waals surface area contributed by atoms with Gasteiger partial charge < -0.3 is 5.32 Å². The topological polar surface area (TPSA) is 110 Å². The van der Waals surface area contributed by atoms with E-state index in [-0.39, 0.29) is 22.4 Å². The fourth-order valence-electron chi connectivity index (χ4n) is 3.91. The average Bonchev–Trinajstić information content (AvgIpc) is 3.09. The Balaban J connectivity index is 1.45. The molecule has 0 aliphatic carbocycles. The molecule has 0 atom stereocenters. The van der Waals surface area contributed by atoms with E-state index in [1.165, 1.54) is 30.3 Å². The maximum atomic E-state index is 12.9. The summed E-state index contributed by atoms with van der Waals surface area (Å²) in [5.74, 6) is -1.89. The van der Waals surface area contributed by atoms with E-state index >= 15 is 0 Å². The third-order valence-electron chi connectivity index (χ3n) is 5.46. The number of nitro benzene ring substituents is 1. The standard InChI is InChI=1S/C25H15N3O5/c29-23(26-18-12-11-15-5-1-2-6-16(15)13-18)17-7-3-8-19(14-17)27-24(30)20-9-4-10-21(28(32)33)22(20)25(27)31/h1-14H,(H,26,29). The zero-order chi connectivity index (χ0) is 23.1. The largest absolute Gasteiger partial charge is 0.322 e. The highest BCUT2D eigenvalue weighted by Gasteiger charge is 2.41. The van der Waals surface area contributed by atoms with Gasteiger partial charge in [-0.25, -0.2) is 4.90 Å². The summed E-state index contributed by atoms with van der Waals surface area (Å²) in [5.41, 5.74) is 0.256. The van der Waals surface area contributed by atoms with E-state index in [2.05, 4.69) is 5.32 Å². The molecule has 160 valence electrons. The number of rotatable bonds is 4. The zero-order valence-corrected chi connectivity index (χ0v) is 17.0. The number of hydrogen-bond donors (Lipinski definition) is 1. The monoisotopic (exact) mass is 437 g/mol. The number of carbonyl (C=O) groups excluding carboxylic acids is 3. The molecule has 0 fully saturated rings. The molecular formula is C25H15N3O5. The smallest absolute Gasteiger partial charge is 0.283 e. The number of carbonyl (C=O) groups is 3. The Labute approximate surface area is 187 Å². The summed E-state index contributed by atoms with van der Waals surface area (Å²) in [6.07, 6.45) is 0. The molecule has 0 bridgehead atoms. The highest BCUT2D eigenvalue weighted by Crippen LogP contribution is 2.34. The van der Waals surface area contributed by atoms with Crippen molar-refractivity contribution in [2.45, 2.75) is 0 Å². The van der Waals surface area contributed by atoms with Crippen molar-refractivity contribution >= 4 is 45.6 Å². The molecule has 0 saturated heterocycles. The van der Waals surface area contributed by atoms with Gasteiger partial charge in [-0.05, 0) is 47.2 Å². The number of anilines is 2. The molecule has 1 aliphatic rings. The van der Waals surface area contributed by atoms with Gasteiger partial charge >= 0.3 is 0 Å². The fraction of sp³-hybridized carbons (Fsp3) is 0. The molecule has 1 N–H and O–H groups in total. The van der Waals surface area contributed by atoms with E-state index in [1.54, 1.807) is 18.2 Å². The molecule has 0 saturated carbocycles. The summed E-state index contributed by atoms with van der Waals surface area (Å²) in [6.45, 7) is 0. The van der Waals surface area contributed by atoms with Crippen LogP contribution in [0.3, 0.4) is 0 Å². The van der Waals surface area contributed by atoms with Gasteiger partial charge in [0.05, 0.1) is 16.2 Å². The van der Waals surface area contributed by atoms with E-state index in [4.69, 9.17) is 0 Å². The maximum Gasteiger partial charge on any atom is 0.283 e. The lowest BCUT2D eigenvalue weighted by Crippen LogP contribution is -2.29. The van der Waals surface area contributed by atoms with Crippen LogP contribution >= 0.6 is 0 Å². The predicted octanol–water partition coefficient (Wildman–Crippen LogP) is 4.80. The van der Waals surface area contributed by atoms with Gasteiger partial charge in [0.15, 0.2) is 0 Å². The van der Waals surface area contributed by atoms with Crippen LogP contribution < -0.4 is 10.2 Å². The summed E-state index contributed by atoms with van der Waals surface area (Å²) in [4.78, 5) is 50.1. The average molecular weight is 437 g/mol. The Morgan fingerprint density at radius 3 is 2.36 bits per heavy atom. The van der Waals surface area contributed by atoms with Crippen molar-refractivity contribution in [3.63, 3.8) is 0 Å². The number of nitro groups is 1. The zero-order valence-electron chi connectivity index (χ0n) is 17.0. The predicted molar refractivity (Wildman–Crippen MR) is 123 cm³/mol. The first kappa shape index (κ1) is 20.1. The summed E-state index contributed by atoms with van der Waals surface area (Å²) >= 11 is 0. The lowest BCUT2D eigenvalue weighted by Gasteiger charge is -2.15. The number of fused-ring (bicyclic) bond motifs is 2. The molecule has 4 aromatic carbocycles. The van der Waals surface area contributed by atoms with Gasteiger partial charge in [-0.15, -0.1) is 0 Å². The van der Waals surface area contributed by atoms with Gasteiger partial charge in [0.25, 0.3) is 23.4 Å². The lowest BCUT2D eigenvalue weighted by molar-refractivity contribution is -0.385. The first-order valence-electron chi connectivity index (χ1n) is 10.0. The van der Waals surface area contributed by atoms with Gasteiger partial charge in [0.2, 0.25) is 0 Å². The molecular weight excluding hydrogens is 422 g/mol. The second-order valence-electron chi connectivity index (χ2n) is 7.47. The molecule has 8 heteroatoms. The third kappa shape index (κ3) is 3.39. The van der Waals surface area contributed by atoms with Crippen LogP contribution in [0.2, 0.25) is 0 Å². The Bertz CT molecular complexity index is 1490. The van der Waals surface area contributed by atoms with Gasteiger partial charge in [0, 0.05) is 17.3 Å². The van der Waals surface area contributed by atoms with Crippen LogP contribution in [0.25, 0.3) is 10.8 Å². The molecule has 5 rings (SSSR count). The van der Waals surface area contributed by atoms with E-state index in [1.807, 2.05) is 36.4 Å². The number of hydrogen-bond acceptors (Lipinski definition) is 5. The van der Waals surface area contributed by atoms with Crippen LogP contribution in [0.5, 0.6) is 0 Å². The molecule has 1 aliphatic heterocycles. The van der Waals surface area contributed by atoms with Crippen LogP contribution in [-0.2, 0) is 0 Å². The first-order chi connectivity index (χ1) is 15.9. The SMILES string of the molecule is O=C(Nc1ccc2ccccc2c1)c1cccc(N2C(=O)c3cccc([N+](=O)[O-])c3C2=O)c1. The quantitative estimate of drug-likeness (QED) is 0.280. The molecule has 1 heterocycles. The van der Waals surface area contributed by atoms with E-state index in [9.17, 15) is 24.5 Å². The molecule has 0 aromatic heterocycles. The Morgan fingerprint density at radius 2 is 1.58 bits per heavy atom. The normalized spacial score (nSPS) is 12.7. The molecule has 0 unspecified atom stereocenters. The number of amides is 3. The third-order valence-corrected chi connectivity index (χ3v) is 5.46. The maximum absolute atomic E-state index is 12.9. The van der Waals surface area contributed by atoms with Crippen LogP contribution in [0, 0.1) is 10.1 Å². The molecule has 8 nitrogen and oxygen atoms in total. The minimum absolute atomic E-state index is 0.0415. The minimum atomic E-state index is -0.797. The van der Waals surface area contributed by atoms with E-state index in [0.29, 0.717) is 5.69 Å². The molecule has 0 radical (unpaired) electrons. The van der Waals surface area contributed by atoms with Crippen molar-refractivity contribution in [3.8, 4) is 0 Å². The second-order valence-corrected chi connectivity index (χ2v) is 7.47. The molecule has 0 spiro atoms. The summed E-state index contributed by atoms with van der Waals surface area (Å²) in [7, 11) is 0. The van der Waals surface area contributed by atoms with Crippen molar-refractivity contribution in [1.29, 1.82) is 0 Å². The Kier molecular flexibility index (Phi) is 4.68. The van der Waals surface area contributed by atoms with Crippen LogP contribution in [-0.4, -0.2) is 22.6 Å².